The molecule has 0 amide bonds. The van der Waals surface area contributed by atoms with E-state index >= 15 is 0 Å². The summed E-state index contributed by atoms with van der Waals surface area (Å²) in [5.41, 5.74) is 2.23. The number of aryl methyl sites for hydroxylation is 1. The molecule has 2 aliphatic rings. The molecule has 4 rings (SSSR count). The zero-order valence-electron chi connectivity index (χ0n) is 16.6. The molecule has 1 atom stereocenters. The Morgan fingerprint density at radius 3 is 2.73 bits per heavy atom. The van der Waals surface area contributed by atoms with Gasteiger partial charge in [0, 0.05) is 43.4 Å². The lowest BCUT2D eigenvalue weighted by atomic mass is 9.93. The van der Waals surface area contributed by atoms with Crippen molar-refractivity contribution in [2.75, 3.05) is 39.5 Å². The molecule has 0 saturated carbocycles. The summed E-state index contributed by atoms with van der Waals surface area (Å²) in [6.07, 6.45) is 2.83. The summed E-state index contributed by atoms with van der Waals surface area (Å²) in [4.78, 5) is 19.6. The molecule has 2 aromatic rings. The predicted octanol–water partition coefficient (Wildman–Crippen LogP) is 1.35. The third-order valence-electron chi connectivity index (χ3n) is 5.62. The van der Waals surface area contributed by atoms with Gasteiger partial charge in [0.15, 0.2) is 5.78 Å². The van der Waals surface area contributed by atoms with Crippen LogP contribution < -0.4 is 9.88 Å². The maximum Gasteiger partial charge on any atom is 0.238 e. The van der Waals surface area contributed by atoms with Crippen molar-refractivity contribution >= 4 is 15.8 Å². The number of Topliss-reactive ketones (excluding diaryl/α,β-unsaturated/α-hetero) is 1. The van der Waals surface area contributed by atoms with Crippen LogP contribution in [-0.4, -0.2) is 63.5 Å². The van der Waals surface area contributed by atoms with E-state index in [1.165, 1.54) is 6.07 Å². The van der Waals surface area contributed by atoms with E-state index in [9.17, 15) is 13.2 Å². The molecule has 30 heavy (non-hydrogen) atoms. The Hall–Kier alpha value is -2.33. The lowest BCUT2D eigenvalue weighted by molar-refractivity contribution is 0.0320. The van der Waals surface area contributed by atoms with E-state index in [4.69, 9.17) is 14.6 Å². The summed E-state index contributed by atoms with van der Waals surface area (Å²) in [6, 6.07) is 8.18. The van der Waals surface area contributed by atoms with Crippen molar-refractivity contribution in [3.63, 3.8) is 0 Å². The van der Waals surface area contributed by atoms with Gasteiger partial charge in [-0.15, -0.1) is 0 Å². The first kappa shape index (κ1) is 20.9. The van der Waals surface area contributed by atoms with E-state index in [-0.39, 0.29) is 16.6 Å². The number of primary sulfonamides is 1. The highest BCUT2D eigenvalue weighted by atomic mass is 32.2. The third-order valence-corrected chi connectivity index (χ3v) is 6.53. The van der Waals surface area contributed by atoms with E-state index in [1.807, 2.05) is 0 Å². The third kappa shape index (κ3) is 4.70. The minimum atomic E-state index is -3.75. The summed E-state index contributed by atoms with van der Waals surface area (Å²) in [5.74, 6) is 0.165. The molecule has 1 aliphatic heterocycles. The Bertz CT molecular complexity index is 1020. The zero-order chi connectivity index (χ0) is 21.1. The Morgan fingerprint density at radius 1 is 1.23 bits per heavy atom. The first-order chi connectivity index (χ1) is 14.4. The molecule has 8 nitrogen and oxygen atoms in total. The van der Waals surface area contributed by atoms with Crippen LogP contribution in [-0.2, 0) is 21.2 Å². The second-order valence-electron chi connectivity index (χ2n) is 7.55. The lowest BCUT2D eigenvalue weighted by Crippen LogP contribution is -2.38. The number of ketones is 1. The number of hydrogen-bond acceptors (Lipinski definition) is 7. The molecule has 1 saturated heterocycles. The van der Waals surface area contributed by atoms with E-state index in [0.29, 0.717) is 30.9 Å². The maximum absolute atomic E-state index is 13.0. The summed E-state index contributed by atoms with van der Waals surface area (Å²) in [5, 5.41) is 5.20. The highest BCUT2D eigenvalue weighted by Crippen LogP contribution is 2.36. The van der Waals surface area contributed by atoms with Crippen LogP contribution in [0.25, 0.3) is 0 Å². The number of morpholine rings is 1. The molecule has 0 spiro atoms. The summed E-state index contributed by atoms with van der Waals surface area (Å²) < 4.78 is 34.1. The Balaban J connectivity index is 1.38. The molecule has 9 heteroatoms. The Morgan fingerprint density at radius 2 is 2.03 bits per heavy atom. The molecule has 1 aromatic carbocycles. The van der Waals surface area contributed by atoms with Crippen molar-refractivity contribution in [1.82, 2.24) is 9.88 Å². The van der Waals surface area contributed by atoms with Crippen molar-refractivity contribution in [2.24, 2.45) is 5.14 Å². The highest BCUT2D eigenvalue weighted by molar-refractivity contribution is 7.89. The number of nitrogens with zero attached hydrogens (tertiary/aromatic N) is 2. The van der Waals surface area contributed by atoms with Crippen LogP contribution in [0.15, 0.2) is 41.4 Å². The Labute approximate surface area is 176 Å². The first-order valence-corrected chi connectivity index (χ1v) is 11.6. The van der Waals surface area contributed by atoms with Gasteiger partial charge < -0.3 is 9.47 Å². The molecule has 1 fully saturated rings. The molecule has 1 aromatic heterocycles. The SMILES string of the molecule is NS(=O)(=O)c1ccc2c(c1)CCC2C(=O)c1ccc(OCCN2CCOCC2)nc1. The van der Waals surface area contributed by atoms with E-state index < -0.39 is 10.0 Å². The number of ether oxygens (including phenoxy) is 2. The highest BCUT2D eigenvalue weighted by Gasteiger charge is 2.30. The van der Waals surface area contributed by atoms with Gasteiger partial charge in [-0.25, -0.2) is 18.5 Å². The van der Waals surface area contributed by atoms with Crippen molar-refractivity contribution in [3.05, 3.63) is 53.2 Å². The Kier molecular flexibility index (Phi) is 6.14. The quantitative estimate of drug-likeness (QED) is 0.659. The van der Waals surface area contributed by atoms with Crippen molar-refractivity contribution in [3.8, 4) is 5.88 Å². The van der Waals surface area contributed by atoms with Gasteiger partial charge in [0.1, 0.15) is 6.61 Å². The van der Waals surface area contributed by atoms with Gasteiger partial charge in [-0.2, -0.15) is 0 Å². The number of pyridine rings is 1. The molecule has 1 aliphatic carbocycles. The smallest absolute Gasteiger partial charge is 0.238 e. The normalized spacial score (nSPS) is 19.4. The molecule has 0 bridgehead atoms. The van der Waals surface area contributed by atoms with Gasteiger partial charge >= 0.3 is 0 Å². The first-order valence-electron chi connectivity index (χ1n) is 10.0. The standard InChI is InChI=1S/C21H25N3O5S/c22-30(26,27)17-3-5-18-15(13-17)1-4-19(18)21(25)16-2-6-20(23-14-16)29-12-9-24-7-10-28-11-8-24/h2-3,5-6,13-14,19H,1,4,7-12H2,(H2,22,26,27). The molecule has 160 valence electrons. The molecular weight excluding hydrogens is 406 g/mol. The van der Waals surface area contributed by atoms with Crippen LogP contribution in [0.1, 0.15) is 33.8 Å². The zero-order valence-corrected chi connectivity index (χ0v) is 17.4. The van der Waals surface area contributed by atoms with Crippen LogP contribution in [0.4, 0.5) is 0 Å². The number of aromatic nitrogens is 1. The monoisotopic (exact) mass is 431 g/mol. The largest absolute Gasteiger partial charge is 0.476 e. The maximum atomic E-state index is 13.0. The number of hydrogen-bond donors (Lipinski definition) is 1. The molecule has 2 heterocycles. The number of carbonyl (C=O) groups is 1. The lowest BCUT2D eigenvalue weighted by Gasteiger charge is -2.26. The molecular formula is C21H25N3O5S. The van der Waals surface area contributed by atoms with Crippen molar-refractivity contribution in [1.29, 1.82) is 0 Å². The summed E-state index contributed by atoms with van der Waals surface area (Å²) >= 11 is 0. The van der Waals surface area contributed by atoms with E-state index in [2.05, 4.69) is 9.88 Å². The van der Waals surface area contributed by atoms with Gasteiger partial charge in [-0.1, -0.05) is 6.07 Å². The van der Waals surface area contributed by atoms with Gasteiger partial charge in [-0.3, -0.25) is 9.69 Å². The average Bonchev–Trinajstić information content (AvgIpc) is 3.17. The number of nitrogens with two attached hydrogens (primary N) is 1. The van der Waals surface area contributed by atoms with Crippen LogP contribution >= 0.6 is 0 Å². The number of carbonyl (C=O) groups excluding carboxylic acids is 1. The topological polar surface area (TPSA) is 112 Å². The van der Waals surface area contributed by atoms with Gasteiger partial charge in [0.05, 0.1) is 18.1 Å². The van der Waals surface area contributed by atoms with Gasteiger partial charge in [0.25, 0.3) is 0 Å². The summed E-state index contributed by atoms with van der Waals surface area (Å²) in [7, 11) is -3.75. The predicted molar refractivity (Wildman–Crippen MR) is 110 cm³/mol. The fraction of sp³-hybridized carbons (Fsp3) is 0.429. The van der Waals surface area contributed by atoms with Crippen LogP contribution in [0, 0.1) is 0 Å². The fourth-order valence-corrected chi connectivity index (χ4v) is 4.52. The molecule has 0 radical (unpaired) electrons. The number of sulfonamides is 1. The van der Waals surface area contributed by atoms with E-state index in [1.54, 1.807) is 30.5 Å². The minimum Gasteiger partial charge on any atom is -0.476 e. The van der Waals surface area contributed by atoms with E-state index in [0.717, 1.165) is 44.0 Å². The molecule has 1 unspecified atom stereocenters. The number of benzene rings is 1. The van der Waals surface area contributed by atoms with Crippen LogP contribution in [0.3, 0.4) is 0 Å². The van der Waals surface area contributed by atoms with Gasteiger partial charge in [-0.05, 0) is 42.2 Å². The van der Waals surface area contributed by atoms with Crippen LogP contribution in [0.5, 0.6) is 5.88 Å². The number of fused-ring (bicyclic) bond motifs is 1. The molecule has 2 N–H and O–H groups in total. The van der Waals surface area contributed by atoms with Crippen molar-refractivity contribution < 1.29 is 22.7 Å². The van der Waals surface area contributed by atoms with Gasteiger partial charge in [0.2, 0.25) is 15.9 Å². The second-order valence-corrected chi connectivity index (χ2v) is 9.11. The average molecular weight is 432 g/mol. The summed E-state index contributed by atoms with van der Waals surface area (Å²) in [6.45, 7) is 4.66. The minimum absolute atomic E-state index is 0.0236. The second kappa shape index (κ2) is 8.81. The van der Waals surface area contributed by atoms with Crippen LogP contribution in [0.2, 0.25) is 0 Å². The number of rotatable bonds is 7. The van der Waals surface area contributed by atoms with Crippen molar-refractivity contribution in [2.45, 2.75) is 23.7 Å². The fourth-order valence-electron chi connectivity index (χ4n) is 3.96.